The number of thiol groups is 1. The summed E-state index contributed by atoms with van der Waals surface area (Å²) in [5.74, 6) is -3.72. The van der Waals surface area contributed by atoms with Gasteiger partial charge in [-0.25, -0.2) is 4.79 Å². The maximum absolute atomic E-state index is 13.0. The SMILES string of the molecule is CSCCC(NC(=O)C(CCC(N)=O)NC(=O)C(N)Cc1ccc(O)cc1)C(=O)NC(CS)C(=O)O. The molecule has 36 heavy (non-hydrogen) atoms. The first kappa shape index (κ1) is 31.1. The van der Waals surface area contributed by atoms with Gasteiger partial charge in [-0.15, -0.1) is 0 Å². The minimum Gasteiger partial charge on any atom is -0.508 e. The Kier molecular flexibility index (Phi) is 13.7. The van der Waals surface area contributed by atoms with Crippen LogP contribution in [-0.4, -0.2) is 81.7 Å². The van der Waals surface area contributed by atoms with Crippen LogP contribution in [0.4, 0.5) is 0 Å². The van der Waals surface area contributed by atoms with Gasteiger partial charge in [-0.2, -0.15) is 24.4 Å². The largest absolute Gasteiger partial charge is 0.508 e. The zero-order valence-corrected chi connectivity index (χ0v) is 21.5. The van der Waals surface area contributed by atoms with E-state index in [-0.39, 0.29) is 37.2 Å². The van der Waals surface area contributed by atoms with Gasteiger partial charge in [-0.1, -0.05) is 12.1 Å². The Balaban J connectivity index is 2.95. The van der Waals surface area contributed by atoms with Gasteiger partial charge in [0.2, 0.25) is 23.6 Å². The molecule has 12 nitrogen and oxygen atoms in total. The number of amides is 4. The number of primary amides is 1. The number of carboxylic acid groups (broad SMARTS) is 1. The predicted molar refractivity (Wildman–Crippen MR) is 138 cm³/mol. The van der Waals surface area contributed by atoms with Crippen LogP contribution >= 0.6 is 24.4 Å². The Bertz CT molecular complexity index is 917. The molecule has 0 fully saturated rings. The van der Waals surface area contributed by atoms with Crippen molar-refractivity contribution in [3.05, 3.63) is 29.8 Å². The Morgan fingerprint density at radius 1 is 0.944 bits per heavy atom. The normalized spacial score (nSPS) is 14.1. The van der Waals surface area contributed by atoms with Crippen LogP contribution in [0.25, 0.3) is 0 Å². The van der Waals surface area contributed by atoms with Gasteiger partial charge in [0.15, 0.2) is 0 Å². The summed E-state index contributed by atoms with van der Waals surface area (Å²) in [4.78, 5) is 60.9. The molecule has 0 heterocycles. The number of carbonyl (C=O) groups is 5. The Hall–Kier alpha value is -2.97. The molecule has 200 valence electrons. The monoisotopic (exact) mass is 543 g/mol. The number of benzene rings is 1. The molecule has 0 aliphatic rings. The second kappa shape index (κ2) is 15.9. The van der Waals surface area contributed by atoms with Crippen molar-refractivity contribution in [2.75, 3.05) is 17.8 Å². The number of phenolic OH excluding ortho intramolecular Hbond substituents is 1. The number of hydrogen-bond acceptors (Lipinski definition) is 9. The molecule has 4 unspecified atom stereocenters. The predicted octanol–water partition coefficient (Wildman–Crippen LogP) is -1.25. The molecule has 0 aliphatic heterocycles. The van der Waals surface area contributed by atoms with E-state index in [1.54, 1.807) is 18.4 Å². The van der Waals surface area contributed by atoms with Crippen molar-refractivity contribution in [3.8, 4) is 5.75 Å². The highest BCUT2D eigenvalue weighted by Gasteiger charge is 2.30. The smallest absolute Gasteiger partial charge is 0.327 e. The van der Waals surface area contributed by atoms with Crippen molar-refractivity contribution in [2.24, 2.45) is 11.5 Å². The summed E-state index contributed by atoms with van der Waals surface area (Å²) >= 11 is 5.33. The number of carbonyl (C=O) groups excluding carboxylic acids is 4. The first-order valence-corrected chi connectivity index (χ1v) is 13.1. The molecule has 0 radical (unpaired) electrons. The molecule has 1 aromatic rings. The Labute approximate surface area is 218 Å². The summed E-state index contributed by atoms with van der Waals surface area (Å²) in [6.45, 7) is 0. The summed E-state index contributed by atoms with van der Waals surface area (Å²) in [6.07, 6.45) is 1.76. The molecule has 0 aromatic heterocycles. The lowest BCUT2D eigenvalue weighted by atomic mass is 10.0. The van der Waals surface area contributed by atoms with Gasteiger partial charge in [0.25, 0.3) is 0 Å². The van der Waals surface area contributed by atoms with E-state index in [2.05, 4.69) is 28.6 Å². The van der Waals surface area contributed by atoms with E-state index < -0.39 is 53.8 Å². The lowest BCUT2D eigenvalue weighted by Crippen LogP contribution is -2.57. The summed E-state index contributed by atoms with van der Waals surface area (Å²) in [5.41, 5.74) is 11.9. The molecule has 0 spiro atoms. The van der Waals surface area contributed by atoms with Crippen LogP contribution in [-0.2, 0) is 30.4 Å². The third kappa shape index (κ3) is 11.2. The number of hydrogen-bond donors (Lipinski definition) is 8. The van der Waals surface area contributed by atoms with E-state index in [9.17, 15) is 34.2 Å². The van der Waals surface area contributed by atoms with Crippen molar-refractivity contribution in [2.45, 2.75) is 49.9 Å². The van der Waals surface area contributed by atoms with Crippen LogP contribution in [0, 0.1) is 0 Å². The topological polar surface area (TPSA) is 214 Å². The summed E-state index contributed by atoms with van der Waals surface area (Å²) in [5, 5.41) is 25.9. The van der Waals surface area contributed by atoms with E-state index in [1.807, 2.05) is 0 Å². The van der Waals surface area contributed by atoms with E-state index in [4.69, 9.17) is 11.5 Å². The van der Waals surface area contributed by atoms with Gasteiger partial charge in [-0.3, -0.25) is 19.2 Å². The quantitative estimate of drug-likeness (QED) is 0.117. The van der Waals surface area contributed by atoms with Gasteiger partial charge in [0.1, 0.15) is 23.9 Å². The Morgan fingerprint density at radius 3 is 1.97 bits per heavy atom. The average Bonchev–Trinajstić information content (AvgIpc) is 2.83. The minimum absolute atomic E-state index is 0.0593. The number of nitrogens with one attached hydrogen (secondary N) is 3. The molecule has 1 aromatic carbocycles. The highest BCUT2D eigenvalue weighted by Crippen LogP contribution is 2.11. The fraction of sp³-hybridized carbons (Fsp3) is 0.500. The van der Waals surface area contributed by atoms with E-state index >= 15 is 0 Å². The zero-order chi connectivity index (χ0) is 27.3. The number of thioether (sulfide) groups is 1. The first-order valence-electron chi connectivity index (χ1n) is 11.0. The summed E-state index contributed by atoms with van der Waals surface area (Å²) < 4.78 is 0. The number of aliphatic carboxylic acids is 1. The highest BCUT2D eigenvalue weighted by molar-refractivity contribution is 7.98. The zero-order valence-electron chi connectivity index (χ0n) is 19.8. The number of carboxylic acids is 1. The summed E-state index contributed by atoms with van der Waals surface area (Å²) in [7, 11) is 0. The molecule has 0 saturated carbocycles. The molecule has 0 saturated heterocycles. The fourth-order valence-electron chi connectivity index (χ4n) is 3.05. The van der Waals surface area contributed by atoms with Crippen molar-refractivity contribution in [1.29, 1.82) is 0 Å². The van der Waals surface area contributed by atoms with Crippen LogP contribution in [0.5, 0.6) is 5.75 Å². The maximum atomic E-state index is 13.0. The number of rotatable bonds is 16. The Morgan fingerprint density at radius 2 is 1.47 bits per heavy atom. The van der Waals surface area contributed by atoms with Gasteiger partial charge < -0.3 is 37.6 Å². The second-order valence-electron chi connectivity index (χ2n) is 7.97. The van der Waals surface area contributed by atoms with Crippen LogP contribution in [0.15, 0.2) is 24.3 Å². The molecular formula is C22H33N5O7S2. The molecule has 4 atom stereocenters. The van der Waals surface area contributed by atoms with Crippen molar-refractivity contribution < 1.29 is 34.2 Å². The van der Waals surface area contributed by atoms with E-state index in [0.29, 0.717) is 11.3 Å². The van der Waals surface area contributed by atoms with Crippen LogP contribution < -0.4 is 27.4 Å². The summed E-state index contributed by atoms with van der Waals surface area (Å²) in [6, 6.07) is 1.49. The van der Waals surface area contributed by atoms with Crippen LogP contribution in [0.2, 0.25) is 0 Å². The van der Waals surface area contributed by atoms with Gasteiger partial charge >= 0.3 is 5.97 Å². The van der Waals surface area contributed by atoms with E-state index in [1.165, 1.54) is 23.9 Å². The maximum Gasteiger partial charge on any atom is 0.327 e. The molecule has 1 rings (SSSR count). The number of phenols is 1. The lowest BCUT2D eigenvalue weighted by molar-refractivity contribution is -0.141. The number of nitrogens with two attached hydrogens (primary N) is 2. The van der Waals surface area contributed by atoms with Crippen molar-refractivity contribution in [3.63, 3.8) is 0 Å². The van der Waals surface area contributed by atoms with Crippen molar-refractivity contribution >= 4 is 54.0 Å². The molecule has 4 amide bonds. The van der Waals surface area contributed by atoms with Crippen molar-refractivity contribution in [1.82, 2.24) is 16.0 Å². The van der Waals surface area contributed by atoms with Gasteiger partial charge in [-0.05, 0) is 49.0 Å². The fourth-order valence-corrected chi connectivity index (χ4v) is 3.77. The minimum atomic E-state index is -1.28. The third-order valence-corrected chi connectivity index (χ3v) is 6.09. The van der Waals surface area contributed by atoms with Crippen LogP contribution in [0.3, 0.4) is 0 Å². The average molecular weight is 544 g/mol. The first-order chi connectivity index (χ1) is 17.0. The highest BCUT2D eigenvalue weighted by atomic mass is 32.2. The second-order valence-corrected chi connectivity index (χ2v) is 9.32. The molecule has 0 bridgehead atoms. The van der Waals surface area contributed by atoms with Gasteiger partial charge in [0.05, 0.1) is 6.04 Å². The van der Waals surface area contributed by atoms with Gasteiger partial charge in [0, 0.05) is 12.2 Å². The lowest BCUT2D eigenvalue weighted by Gasteiger charge is -2.25. The third-order valence-electron chi connectivity index (χ3n) is 5.08. The molecule has 14 heteroatoms. The number of aromatic hydroxyl groups is 1. The molecule has 0 aliphatic carbocycles. The molecular weight excluding hydrogens is 510 g/mol. The van der Waals surface area contributed by atoms with E-state index in [0.717, 1.165) is 0 Å². The standard InChI is InChI=1S/C22H33N5O7S2/c1-36-9-8-16(21(32)27-17(11-35)22(33)34)26-20(31)15(6-7-18(24)29)25-19(30)14(23)10-12-2-4-13(28)5-3-12/h2-5,14-17,28,35H,6-11,23H2,1H3,(H2,24,29)(H,25,30)(H,26,31)(H,27,32)(H,33,34). The molecule has 9 N–H and O–H groups in total. The van der Waals surface area contributed by atoms with Crippen LogP contribution in [0.1, 0.15) is 24.8 Å².